The highest BCUT2D eigenvalue weighted by Gasteiger charge is 2.63. The van der Waals surface area contributed by atoms with Crippen LogP contribution in [0.25, 0.3) is 0 Å². The molecule has 9 aliphatic rings. The summed E-state index contributed by atoms with van der Waals surface area (Å²) >= 11 is 0. The molecule has 3 N–H and O–H groups in total. The third-order valence-corrected chi connectivity index (χ3v) is 15.6. The number of fused-ring (bicyclic) bond motifs is 5. The number of carbonyl (C=O) groups is 1. The Morgan fingerprint density at radius 3 is 2.50 bits per heavy atom. The summed E-state index contributed by atoms with van der Waals surface area (Å²) in [5.74, 6) is -1.14. The van der Waals surface area contributed by atoms with Crippen LogP contribution in [0.4, 0.5) is 0 Å². The second kappa shape index (κ2) is 16.1. The summed E-state index contributed by atoms with van der Waals surface area (Å²) in [6.07, 6.45) is 12.3. The lowest BCUT2D eigenvalue weighted by Crippen LogP contribution is -2.59. The maximum atomic E-state index is 12.1. The van der Waals surface area contributed by atoms with Crippen LogP contribution in [0.3, 0.4) is 0 Å². The lowest BCUT2D eigenvalue weighted by Gasteiger charge is -2.52. The number of hydrogen-bond acceptors (Lipinski definition) is 11. The zero-order valence-electron chi connectivity index (χ0n) is 37.0. The first kappa shape index (κ1) is 43.1. The van der Waals surface area contributed by atoms with Crippen LogP contribution in [0.1, 0.15) is 132 Å². The smallest absolute Gasteiger partial charge is 0.303 e. The van der Waals surface area contributed by atoms with Gasteiger partial charge >= 0.3 is 5.97 Å². The topological polar surface area (TPSA) is 143 Å². The van der Waals surface area contributed by atoms with E-state index in [9.17, 15) is 9.90 Å². The first-order chi connectivity index (χ1) is 28.5. The molecule has 0 aliphatic carbocycles. The Morgan fingerprint density at radius 2 is 1.72 bits per heavy atom. The minimum absolute atomic E-state index is 0.0313. The average molecular weight is 838 g/mol. The Morgan fingerprint density at radius 1 is 0.917 bits per heavy atom. The Balaban J connectivity index is 0.840. The van der Waals surface area contributed by atoms with Gasteiger partial charge in [0.2, 0.25) is 0 Å². The number of carboxylic acids is 1. The summed E-state index contributed by atoms with van der Waals surface area (Å²) in [4.78, 5) is 11.0. The van der Waals surface area contributed by atoms with Crippen molar-refractivity contribution >= 4 is 5.97 Å². The molecule has 0 amide bonds. The van der Waals surface area contributed by atoms with Crippen LogP contribution >= 0.6 is 0 Å². The van der Waals surface area contributed by atoms with Crippen LogP contribution in [-0.2, 0) is 42.7 Å². The molecule has 0 unspecified atom stereocenters. The number of allylic oxidation sites excluding steroid dienone is 2. The van der Waals surface area contributed by atoms with E-state index >= 15 is 0 Å². The van der Waals surface area contributed by atoms with Crippen molar-refractivity contribution in [3.05, 3.63) is 47.3 Å². The van der Waals surface area contributed by atoms with Gasteiger partial charge in [0.1, 0.15) is 29.8 Å². The minimum Gasteiger partial charge on any atom is -0.487 e. The molecule has 12 heteroatoms. The van der Waals surface area contributed by atoms with Crippen molar-refractivity contribution in [3.63, 3.8) is 0 Å². The molecule has 12 nitrogen and oxygen atoms in total. The number of rotatable bonds is 9. The molecule has 0 aromatic heterocycles. The number of hydrogen-bond donors (Lipinski definition) is 3. The van der Waals surface area contributed by atoms with Gasteiger partial charge in [-0.1, -0.05) is 58.9 Å². The van der Waals surface area contributed by atoms with Crippen molar-refractivity contribution in [1.82, 2.24) is 5.32 Å². The van der Waals surface area contributed by atoms with E-state index in [1.165, 1.54) is 5.57 Å². The Kier molecular flexibility index (Phi) is 11.6. The van der Waals surface area contributed by atoms with E-state index in [0.29, 0.717) is 55.6 Å². The van der Waals surface area contributed by atoms with E-state index in [-0.39, 0.29) is 66.7 Å². The quantitative estimate of drug-likeness (QED) is 0.197. The highest BCUT2D eigenvalue weighted by atomic mass is 16.8. The van der Waals surface area contributed by atoms with Gasteiger partial charge in [0.25, 0.3) is 0 Å². The summed E-state index contributed by atoms with van der Waals surface area (Å²) in [6, 6.07) is 0. The molecule has 0 saturated carbocycles. The van der Waals surface area contributed by atoms with Gasteiger partial charge in [-0.2, -0.15) is 0 Å². The van der Waals surface area contributed by atoms with Gasteiger partial charge in [-0.05, 0) is 87.3 Å². The molecule has 9 rings (SSSR count). The summed E-state index contributed by atoms with van der Waals surface area (Å²) in [6.45, 7) is 21.0. The highest BCUT2D eigenvalue weighted by Crippen LogP contribution is 2.55. The fourth-order valence-corrected chi connectivity index (χ4v) is 12.8. The molecule has 0 radical (unpaired) electrons. The highest BCUT2D eigenvalue weighted by molar-refractivity contribution is 5.66. The van der Waals surface area contributed by atoms with Gasteiger partial charge in [0, 0.05) is 63.3 Å². The zero-order chi connectivity index (χ0) is 42.4. The van der Waals surface area contributed by atoms with Gasteiger partial charge in [0.15, 0.2) is 17.4 Å². The average Bonchev–Trinajstić information content (AvgIpc) is 3.85. The molecular formula is C48H71NO11. The van der Waals surface area contributed by atoms with Gasteiger partial charge in [-0.3, -0.25) is 10.1 Å². The molecule has 0 aromatic carbocycles. The van der Waals surface area contributed by atoms with Crippen LogP contribution in [0.15, 0.2) is 47.3 Å². The number of piperidine rings is 1. The Hall–Kier alpha value is -2.13. The van der Waals surface area contributed by atoms with E-state index in [1.807, 2.05) is 12.2 Å². The van der Waals surface area contributed by atoms with E-state index in [4.69, 9.17) is 43.0 Å². The van der Waals surface area contributed by atoms with Crippen molar-refractivity contribution in [3.8, 4) is 0 Å². The summed E-state index contributed by atoms with van der Waals surface area (Å²) in [7, 11) is 0. The van der Waals surface area contributed by atoms with Gasteiger partial charge in [0.05, 0.1) is 36.6 Å². The van der Waals surface area contributed by atoms with Crippen molar-refractivity contribution < 1.29 is 52.9 Å². The van der Waals surface area contributed by atoms with Crippen molar-refractivity contribution in [2.45, 2.75) is 210 Å². The number of aliphatic carboxylic acids is 1. The predicted molar refractivity (Wildman–Crippen MR) is 222 cm³/mol. The van der Waals surface area contributed by atoms with Crippen LogP contribution in [0, 0.1) is 29.6 Å². The first-order valence-corrected chi connectivity index (χ1v) is 23.3. The van der Waals surface area contributed by atoms with Crippen LogP contribution in [0.5, 0.6) is 0 Å². The summed E-state index contributed by atoms with van der Waals surface area (Å²) in [5.41, 5.74) is 2.76. The third kappa shape index (κ3) is 8.01. The number of aliphatic hydroxyl groups excluding tert-OH is 1. The van der Waals surface area contributed by atoms with Crippen molar-refractivity contribution in [2.24, 2.45) is 29.6 Å². The lowest BCUT2D eigenvalue weighted by molar-refractivity contribution is -0.364. The van der Waals surface area contributed by atoms with Crippen LogP contribution < -0.4 is 5.32 Å². The Bertz CT molecular complexity index is 1760. The largest absolute Gasteiger partial charge is 0.487 e. The molecule has 3 spiro atoms. The fraction of sp³-hybridized carbons (Fsp3) is 0.812. The number of aliphatic hydroxyl groups is 1. The van der Waals surface area contributed by atoms with Crippen molar-refractivity contribution in [1.29, 1.82) is 0 Å². The zero-order valence-corrected chi connectivity index (χ0v) is 37.0. The second-order valence-corrected chi connectivity index (χ2v) is 20.9. The van der Waals surface area contributed by atoms with E-state index in [2.05, 4.69) is 66.4 Å². The molecule has 0 aromatic rings. The van der Waals surface area contributed by atoms with Crippen molar-refractivity contribution in [2.75, 3.05) is 6.54 Å². The SMILES string of the molecule is C=C(C[C@@]12C[C@@H](C)C[C@@H](O1)[C@H]1O[C@]3(C[C@H]1O2)NC[C@H](C)C[C@@H]3C)[C@H]1OC([C@H](O)[C@@H]2C[C@H]3O[C@@]4(CC[C@]5(C=C(C)C[C@@H](/C=C/CCC(=O)O)O5)O4)[C@H](C)C[C@H]3O2)=C(C)C[C@@H]1C. The number of ether oxygens (including phenoxy) is 8. The molecule has 334 valence electrons. The van der Waals surface area contributed by atoms with E-state index in [0.717, 1.165) is 62.6 Å². The maximum absolute atomic E-state index is 12.1. The normalized spacial score (nSPS) is 49.3. The first-order valence-electron chi connectivity index (χ1n) is 23.3. The van der Waals surface area contributed by atoms with E-state index < -0.39 is 35.5 Å². The molecule has 18 atom stereocenters. The third-order valence-electron chi connectivity index (χ3n) is 15.6. The number of nitrogens with one attached hydrogen (secondary N) is 1. The lowest BCUT2D eigenvalue weighted by atomic mass is 9.79. The molecule has 9 aliphatic heterocycles. The summed E-state index contributed by atoms with van der Waals surface area (Å²) < 4.78 is 54.7. The number of carboxylic acid groups (broad SMARTS) is 1. The standard InChI is InChI=1S/C48H71NO11/c1-26-16-34(11-9-10-12-40(50)51)55-45(21-26)13-14-48(60-45)33(8)19-35-36(58-48)20-37(53-35)41(52)43-30(5)18-29(4)42(54-43)31(6)23-46-22-27(2)17-38(56-46)44-39(57-46)24-47(59-44)32(7)15-28(3)25-49-47/h9,11,21,27-29,32-39,41-42,44,49,52H,6,10,12-20,22-25H2,1-5,7-8H3,(H,50,51)/b11-9+/t27-,28+,29-,32-,33+,34+,35+,36+,37-,38+,39+,41+,42-,44+,45+,46-,47-,48+/m0/s1. The fourth-order valence-electron chi connectivity index (χ4n) is 12.8. The molecule has 7 saturated heterocycles. The van der Waals surface area contributed by atoms with Crippen LogP contribution in [0.2, 0.25) is 0 Å². The molecule has 9 heterocycles. The molecule has 7 fully saturated rings. The predicted octanol–water partition coefficient (Wildman–Crippen LogP) is 7.60. The molecular weight excluding hydrogens is 767 g/mol. The van der Waals surface area contributed by atoms with E-state index in [1.54, 1.807) is 0 Å². The van der Waals surface area contributed by atoms with Gasteiger partial charge in [-0.25, -0.2) is 0 Å². The monoisotopic (exact) mass is 838 g/mol. The van der Waals surface area contributed by atoms with Gasteiger partial charge in [-0.15, -0.1) is 0 Å². The molecule has 2 bridgehead atoms. The maximum Gasteiger partial charge on any atom is 0.303 e. The second-order valence-electron chi connectivity index (χ2n) is 20.9. The van der Waals surface area contributed by atoms with Gasteiger partial charge < -0.3 is 48.1 Å². The molecule has 60 heavy (non-hydrogen) atoms. The van der Waals surface area contributed by atoms with Crippen LogP contribution in [-0.4, -0.2) is 101 Å². The Labute approximate surface area is 356 Å². The summed E-state index contributed by atoms with van der Waals surface area (Å²) in [5, 5.41) is 24.9. The minimum atomic E-state index is -0.954.